The summed E-state index contributed by atoms with van der Waals surface area (Å²) in [6.45, 7) is 1.51. The van der Waals surface area contributed by atoms with Crippen molar-refractivity contribution in [2.24, 2.45) is 0 Å². The number of aliphatic hydroxyl groups is 8. The van der Waals surface area contributed by atoms with Gasteiger partial charge in [-0.05, 0) is 44.0 Å². The summed E-state index contributed by atoms with van der Waals surface area (Å²) in [6, 6.07) is 5.31. The van der Waals surface area contributed by atoms with Gasteiger partial charge in [0, 0.05) is 19.1 Å². The van der Waals surface area contributed by atoms with Crippen LogP contribution >= 0.6 is 0 Å². The number of amides is 1. The lowest BCUT2D eigenvalue weighted by Gasteiger charge is -2.50. The first-order valence-corrected chi connectivity index (χ1v) is 16.0. The van der Waals surface area contributed by atoms with Crippen molar-refractivity contribution in [2.45, 2.75) is 119 Å². The molecule has 0 saturated carbocycles. The molecule has 0 aliphatic carbocycles. The summed E-state index contributed by atoms with van der Waals surface area (Å²) in [5.41, 5.74) is 0.512. The van der Waals surface area contributed by atoms with E-state index >= 15 is 0 Å². The van der Waals surface area contributed by atoms with E-state index in [4.69, 9.17) is 33.2 Å². The summed E-state index contributed by atoms with van der Waals surface area (Å²) in [7, 11) is 0. The van der Waals surface area contributed by atoms with Crippen LogP contribution in [0.2, 0.25) is 0 Å². The van der Waals surface area contributed by atoms with Crippen LogP contribution in [0, 0.1) is 0 Å². The van der Waals surface area contributed by atoms with Crippen LogP contribution in [0.15, 0.2) is 24.3 Å². The van der Waals surface area contributed by atoms with Gasteiger partial charge in [-0.2, -0.15) is 0 Å². The number of ether oxygens (including phenoxy) is 7. The van der Waals surface area contributed by atoms with Gasteiger partial charge < -0.3 is 79.3 Å². The number of benzene rings is 1. The lowest BCUT2D eigenvalue weighted by Crippen LogP contribution is -2.69. The minimum absolute atomic E-state index is 0.0661. The van der Waals surface area contributed by atoms with E-state index in [2.05, 4.69) is 5.32 Å². The topological polar surface area (TPSA) is 273 Å². The zero-order valence-electron chi connectivity index (χ0n) is 27.0. The number of nitrogens with one attached hydrogen (secondary N) is 1. The van der Waals surface area contributed by atoms with Gasteiger partial charge in [-0.15, -0.1) is 0 Å². The van der Waals surface area contributed by atoms with Crippen LogP contribution in [-0.4, -0.2) is 172 Å². The fraction of sp³-hybridized carbons (Fsp3) is 0.742. The molecule has 0 aromatic heterocycles. The van der Waals surface area contributed by atoms with Crippen molar-refractivity contribution in [3.63, 3.8) is 0 Å². The molecule has 0 bridgehead atoms. The molecule has 1 aromatic carbocycles. The van der Waals surface area contributed by atoms with E-state index in [0.717, 1.165) is 6.29 Å². The highest BCUT2D eigenvalue weighted by Crippen LogP contribution is 2.34. The van der Waals surface area contributed by atoms with Gasteiger partial charge in [0.15, 0.2) is 18.9 Å². The van der Waals surface area contributed by atoms with Crippen molar-refractivity contribution in [2.75, 3.05) is 26.4 Å². The maximum absolute atomic E-state index is 12.4. The SMILES string of the molecule is CC(=O)N[C@H]1[C@H](OCCCCOc2ccc(C=O)cc2)O[C@H](CO)[C@@H](O[C@@H]2O[C@@H](C)[C@@H](O)[C@@H](O)[C@@H]2O)[C@@H]1O[C@@H]1O[C@H](CO)[C@H](O)[C@H](O)[C@H]1O. The van der Waals surface area contributed by atoms with Crippen LogP contribution in [0.1, 0.15) is 37.0 Å². The van der Waals surface area contributed by atoms with Gasteiger partial charge in [-0.25, -0.2) is 0 Å². The molecule has 3 fully saturated rings. The number of rotatable bonds is 15. The van der Waals surface area contributed by atoms with Crippen LogP contribution < -0.4 is 10.1 Å². The molecule has 0 radical (unpaired) electrons. The Hall–Kier alpha value is -2.40. The Morgan fingerprint density at radius 2 is 1.33 bits per heavy atom. The Labute approximate surface area is 282 Å². The van der Waals surface area contributed by atoms with E-state index in [1.165, 1.54) is 13.8 Å². The molecular formula is C31H47NO17. The molecule has 9 N–H and O–H groups in total. The number of hydrogen-bond donors (Lipinski definition) is 9. The lowest BCUT2D eigenvalue weighted by molar-refractivity contribution is -0.373. The van der Waals surface area contributed by atoms with Crippen molar-refractivity contribution in [3.05, 3.63) is 29.8 Å². The number of aliphatic hydroxyl groups excluding tert-OH is 8. The maximum Gasteiger partial charge on any atom is 0.217 e. The zero-order valence-corrected chi connectivity index (χ0v) is 27.0. The smallest absolute Gasteiger partial charge is 0.217 e. The normalized spacial score (nSPS) is 39.7. The molecule has 18 nitrogen and oxygen atoms in total. The molecule has 278 valence electrons. The Morgan fingerprint density at radius 3 is 1.94 bits per heavy atom. The number of unbranched alkanes of at least 4 members (excludes halogenated alkanes) is 1. The third kappa shape index (κ3) is 9.69. The van der Waals surface area contributed by atoms with Crippen molar-refractivity contribution >= 4 is 12.2 Å². The first kappa shape index (κ1) is 39.4. The van der Waals surface area contributed by atoms with Crippen LogP contribution in [-0.2, 0) is 33.2 Å². The Kier molecular flexibility index (Phi) is 14.6. The van der Waals surface area contributed by atoms with Gasteiger partial charge in [0.05, 0.1) is 25.9 Å². The van der Waals surface area contributed by atoms with Crippen molar-refractivity contribution in [1.29, 1.82) is 0 Å². The molecule has 49 heavy (non-hydrogen) atoms. The highest BCUT2D eigenvalue weighted by atomic mass is 16.8. The maximum atomic E-state index is 12.4. The summed E-state index contributed by atoms with van der Waals surface area (Å²) in [5.74, 6) is -0.0118. The standard InChI is InChI=1S/C31H47NO17/c1-14-21(37)23(39)25(41)30(45-14)48-27-19(13-35)47-29(44-10-4-3-9-43-17-7-5-16(11-33)6-8-17)20(32-15(2)36)28(27)49-31-26(42)24(40)22(38)18(12-34)46-31/h5-8,11,14,18-31,34-35,37-42H,3-4,9-10,12-13H2,1-2H3,(H,32,36)/t14-,18+,19+,20+,21+,22-,23+,24-,25-,26+,27+,28+,29+,30-,31-/m0/s1. The fourth-order valence-corrected chi connectivity index (χ4v) is 5.76. The van der Waals surface area contributed by atoms with Crippen LogP contribution in [0.3, 0.4) is 0 Å². The van der Waals surface area contributed by atoms with Crippen molar-refractivity contribution in [3.8, 4) is 5.75 Å². The largest absolute Gasteiger partial charge is 0.494 e. The van der Waals surface area contributed by atoms with E-state index in [-0.39, 0.29) is 6.61 Å². The summed E-state index contributed by atoms with van der Waals surface area (Å²) in [5, 5.41) is 85.3. The number of hydrogen-bond acceptors (Lipinski definition) is 17. The third-order valence-electron chi connectivity index (χ3n) is 8.54. The Balaban J connectivity index is 1.53. The van der Waals surface area contributed by atoms with Gasteiger partial charge in [-0.3, -0.25) is 9.59 Å². The molecule has 4 rings (SSSR count). The summed E-state index contributed by atoms with van der Waals surface area (Å²) in [6.07, 6.45) is -19.8. The number of carbonyl (C=O) groups excluding carboxylic acids is 2. The van der Waals surface area contributed by atoms with Gasteiger partial charge in [-0.1, -0.05) is 0 Å². The van der Waals surface area contributed by atoms with Gasteiger partial charge in [0.25, 0.3) is 0 Å². The first-order valence-electron chi connectivity index (χ1n) is 16.0. The molecule has 3 saturated heterocycles. The highest BCUT2D eigenvalue weighted by Gasteiger charge is 2.54. The average molecular weight is 706 g/mol. The van der Waals surface area contributed by atoms with E-state index in [1.807, 2.05) is 0 Å². The fourth-order valence-electron chi connectivity index (χ4n) is 5.76. The second-order valence-electron chi connectivity index (χ2n) is 12.1. The van der Waals surface area contributed by atoms with E-state index in [0.29, 0.717) is 30.8 Å². The van der Waals surface area contributed by atoms with Gasteiger partial charge in [0.2, 0.25) is 5.91 Å². The first-order chi connectivity index (χ1) is 23.4. The monoisotopic (exact) mass is 705 g/mol. The van der Waals surface area contributed by atoms with Gasteiger partial charge in [0.1, 0.15) is 79.1 Å². The van der Waals surface area contributed by atoms with Crippen molar-refractivity contribution in [1.82, 2.24) is 5.32 Å². The summed E-state index contributed by atoms with van der Waals surface area (Å²) < 4.78 is 40.9. The Morgan fingerprint density at radius 1 is 0.755 bits per heavy atom. The molecule has 1 amide bonds. The summed E-state index contributed by atoms with van der Waals surface area (Å²) in [4.78, 5) is 23.3. The van der Waals surface area contributed by atoms with Crippen LogP contribution in [0.4, 0.5) is 0 Å². The lowest BCUT2D eigenvalue weighted by atomic mass is 9.94. The zero-order chi connectivity index (χ0) is 35.8. The molecule has 0 spiro atoms. The molecule has 0 unspecified atom stereocenters. The molecule has 15 atom stereocenters. The molecule has 18 heteroatoms. The van der Waals surface area contributed by atoms with E-state index < -0.39 is 111 Å². The molecule has 3 heterocycles. The van der Waals surface area contributed by atoms with E-state index in [9.17, 15) is 50.4 Å². The minimum atomic E-state index is -1.87. The predicted octanol–water partition coefficient (Wildman–Crippen LogP) is -3.71. The van der Waals surface area contributed by atoms with Crippen molar-refractivity contribution < 1.29 is 83.6 Å². The second kappa shape index (κ2) is 18.2. The average Bonchev–Trinajstić information content (AvgIpc) is 3.09. The molecular weight excluding hydrogens is 658 g/mol. The van der Waals surface area contributed by atoms with Gasteiger partial charge >= 0.3 is 0 Å². The Bertz CT molecular complexity index is 1180. The molecule has 1 aromatic rings. The predicted molar refractivity (Wildman–Crippen MR) is 162 cm³/mol. The second-order valence-corrected chi connectivity index (χ2v) is 12.1. The number of carbonyl (C=O) groups is 2. The van der Waals surface area contributed by atoms with Crippen LogP contribution in [0.5, 0.6) is 5.75 Å². The van der Waals surface area contributed by atoms with Crippen LogP contribution in [0.25, 0.3) is 0 Å². The van der Waals surface area contributed by atoms with E-state index in [1.54, 1.807) is 24.3 Å². The molecule has 3 aliphatic rings. The molecule has 3 aliphatic heterocycles. The highest BCUT2D eigenvalue weighted by molar-refractivity contribution is 5.74. The minimum Gasteiger partial charge on any atom is -0.494 e. The summed E-state index contributed by atoms with van der Waals surface area (Å²) >= 11 is 0. The third-order valence-corrected chi connectivity index (χ3v) is 8.54. The number of aldehydes is 1. The quantitative estimate of drug-likeness (QED) is 0.0627.